The number of carbonyl (C=O) groups is 1. The average molecular weight is 320 g/mol. The standard InChI is InChI=1S/C17H28N4O2/c1-13-7-5-6-10-21(13)12-15(22)18-11-16-19-17(20-23-16)14-8-3-2-4-9-14/h13-14H,2-12H2,1H3,(H,18,22). The Morgan fingerprint density at radius 1 is 1.22 bits per heavy atom. The molecule has 2 fully saturated rings. The van der Waals surface area contributed by atoms with Gasteiger partial charge in [-0.3, -0.25) is 9.69 Å². The summed E-state index contributed by atoms with van der Waals surface area (Å²) < 4.78 is 5.29. The van der Waals surface area contributed by atoms with Crippen molar-refractivity contribution >= 4 is 5.91 Å². The number of hydrogen-bond acceptors (Lipinski definition) is 5. The first kappa shape index (κ1) is 16.4. The van der Waals surface area contributed by atoms with Crippen molar-refractivity contribution in [2.24, 2.45) is 0 Å². The highest BCUT2D eigenvalue weighted by atomic mass is 16.5. The van der Waals surface area contributed by atoms with E-state index in [1.807, 2.05) is 0 Å². The predicted octanol–water partition coefficient (Wildman–Crippen LogP) is 2.61. The first-order chi connectivity index (χ1) is 11.2. The van der Waals surface area contributed by atoms with Crippen LogP contribution in [0.3, 0.4) is 0 Å². The van der Waals surface area contributed by atoms with Gasteiger partial charge < -0.3 is 9.84 Å². The van der Waals surface area contributed by atoms with Gasteiger partial charge in [0.25, 0.3) is 0 Å². The zero-order valence-electron chi connectivity index (χ0n) is 14.1. The fraction of sp³-hybridized carbons (Fsp3) is 0.824. The summed E-state index contributed by atoms with van der Waals surface area (Å²) in [5, 5.41) is 7.00. The van der Waals surface area contributed by atoms with E-state index in [1.54, 1.807) is 0 Å². The molecule has 0 bridgehead atoms. The Balaban J connectivity index is 1.44. The van der Waals surface area contributed by atoms with Gasteiger partial charge in [0.1, 0.15) is 0 Å². The summed E-state index contributed by atoms with van der Waals surface area (Å²) in [7, 11) is 0. The molecule has 6 heteroatoms. The van der Waals surface area contributed by atoms with Crippen molar-refractivity contribution in [3.63, 3.8) is 0 Å². The fourth-order valence-electron chi connectivity index (χ4n) is 3.67. The number of amides is 1. The van der Waals surface area contributed by atoms with Gasteiger partial charge in [0, 0.05) is 12.0 Å². The van der Waals surface area contributed by atoms with Crippen molar-refractivity contribution in [1.82, 2.24) is 20.4 Å². The van der Waals surface area contributed by atoms with Gasteiger partial charge in [-0.05, 0) is 39.2 Å². The maximum Gasteiger partial charge on any atom is 0.246 e. The van der Waals surface area contributed by atoms with Gasteiger partial charge in [0.2, 0.25) is 11.8 Å². The molecule has 1 aromatic heterocycles. The number of nitrogens with one attached hydrogen (secondary N) is 1. The fourth-order valence-corrected chi connectivity index (χ4v) is 3.67. The summed E-state index contributed by atoms with van der Waals surface area (Å²) in [6.45, 7) is 4.01. The molecule has 0 spiro atoms. The molecule has 3 rings (SSSR count). The van der Waals surface area contributed by atoms with Gasteiger partial charge in [-0.2, -0.15) is 4.98 Å². The van der Waals surface area contributed by atoms with Crippen LogP contribution in [0.5, 0.6) is 0 Å². The molecule has 2 heterocycles. The first-order valence-corrected chi connectivity index (χ1v) is 9.05. The number of aromatic nitrogens is 2. The van der Waals surface area contributed by atoms with Crippen LogP contribution in [0.15, 0.2) is 4.52 Å². The van der Waals surface area contributed by atoms with E-state index in [1.165, 1.54) is 38.5 Å². The SMILES string of the molecule is CC1CCCCN1CC(=O)NCc1nc(C2CCCCC2)no1. The van der Waals surface area contributed by atoms with Crippen LogP contribution in [0.1, 0.15) is 75.9 Å². The van der Waals surface area contributed by atoms with Gasteiger partial charge in [0.05, 0.1) is 13.1 Å². The van der Waals surface area contributed by atoms with Crippen LogP contribution in [-0.4, -0.2) is 40.1 Å². The van der Waals surface area contributed by atoms with E-state index in [9.17, 15) is 4.79 Å². The minimum atomic E-state index is 0.0381. The van der Waals surface area contributed by atoms with Gasteiger partial charge in [-0.15, -0.1) is 0 Å². The Labute approximate surface area is 138 Å². The molecule has 1 unspecified atom stereocenters. The Bertz CT molecular complexity index is 510. The lowest BCUT2D eigenvalue weighted by Crippen LogP contribution is -2.44. The van der Waals surface area contributed by atoms with Crippen LogP contribution in [0.25, 0.3) is 0 Å². The van der Waals surface area contributed by atoms with E-state index in [0.29, 0.717) is 30.9 Å². The van der Waals surface area contributed by atoms with Crippen molar-refractivity contribution in [2.75, 3.05) is 13.1 Å². The third-order valence-corrected chi connectivity index (χ3v) is 5.18. The second kappa shape index (κ2) is 7.90. The molecular weight excluding hydrogens is 292 g/mol. The summed E-state index contributed by atoms with van der Waals surface area (Å²) in [6.07, 6.45) is 9.75. The van der Waals surface area contributed by atoms with E-state index in [4.69, 9.17) is 4.52 Å². The maximum atomic E-state index is 12.1. The van der Waals surface area contributed by atoms with Crippen LogP contribution in [-0.2, 0) is 11.3 Å². The van der Waals surface area contributed by atoms with Crippen molar-refractivity contribution in [2.45, 2.75) is 76.8 Å². The molecule has 1 aliphatic heterocycles. The number of rotatable bonds is 5. The highest BCUT2D eigenvalue weighted by Crippen LogP contribution is 2.30. The minimum absolute atomic E-state index is 0.0381. The third-order valence-electron chi connectivity index (χ3n) is 5.18. The summed E-state index contributed by atoms with van der Waals surface area (Å²) in [5.41, 5.74) is 0. The molecule has 2 aliphatic rings. The topological polar surface area (TPSA) is 71.3 Å². The Morgan fingerprint density at radius 3 is 2.78 bits per heavy atom. The Kier molecular flexibility index (Phi) is 5.65. The van der Waals surface area contributed by atoms with Crippen LogP contribution in [0.4, 0.5) is 0 Å². The zero-order chi connectivity index (χ0) is 16.1. The van der Waals surface area contributed by atoms with E-state index in [2.05, 4.69) is 27.3 Å². The monoisotopic (exact) mass is 320 g/mol. The van der Waals surface area contributed by atoms with Crippen molar-refractivity contribution in [1.29, 1.82) is 0 Å². The number of piperidine rings is 1. The lowest BCUT2D eigenvalue weighted by atomic mass is 9.89. The largest absolute Gasteiger partial charge is 0.346 e. The summed E-state index contributed by atoms with van der Waals surface area (Å²) in [4.78, 5) is 18.8. The zero-order valence-corrected chi connectivity index (χ0v) is 14.1. The molecule has 1 aliphatic carbocycles. The molecule has 128 valence electrons. The van der Waals surface area contributed by atoms with Crippen LogP contribution in [0.2, 0.25) is 0 Å². The van der Waals surface area contributed by atoms with Crippen molar-refractivity contribution < 1.29 is 9.32 Å². The number of likely N-dealkylation sites (tertiary alicyclic amines) is 1. The summed E-state index contributed by atoms with van der Waals surface area (Å²) >= 11 is 0. The number of carbonyl (C=O) groups excluding carboxylic acids is 1. The number of hydrogen-bond donors (Lipinski definition) is 1. The van der Waals surface area contributed by atoms with E-state index in [0.717, 1.165) is 25.2 Å². The Morgan fingerprint density at radius 2 is 2.00 bits per heavy atom. The molecule has 1 N–H and O–H groups in total. The predicted molar refractivity (Wildman–Crippen MR) is 86.9 cm³/mol. The molecule has 1 aromatic rings. The second-order valence-corrected chi connectivity index (χ2v) is 6.97. The molecule has 0 aromatic carbocycles. The molecule has 6 nitrogen and oxygen atoms in total. The molecule has 1 saturated heterocycles. The maximum absolute atomic E-state index is 12.1. The van der Waals surface area contributed by atoms with Crippen LogP contribution >= 0.6 is 0 Å². The summed E-state index contributed by atoms with van der Waals surface area (Å²) in [6, 6.07) is 0.496. The first-order valence-electron chi connectivity index (χ1n) is 9.05. The van der Waals surface area contributed by atoms with Gasteiger partial charge >= 0.3 is 0 Å². The summed E-state index contributed by atoms with van der Waals surface area (Å²) in [5.74, 6) is 1.81. The molecule has 0 radical (unpaired) electrons. The van der Waals surface area contributed by atoms with Crippen LogP contribution < -0.4 is 5.32 Å². The third kappa shape index (κ3) is 4.53. The minimum Gasteiger partial charge on any atom is -0.346 e. The smallest absolute Gasteiger partial charge is 0.246 e. The molecule has 23 heavy (non-hydrogen) atoms. The Hall–Kier alpha value is -1.43. The van der Waals surface area contributed by atoms with E-state index in [-0.39, 0.29) is 5.91 Å². The molecule has 1 amide bonds. The average Bonchev–Trinajstić information content (AvgIpc) is 3.05. The molecular formula is C17H28N4O2. The second-order valence-electron chi connectivity index (χ2n) is 6.97. The van der Waals surface area contributed by atoms with Crippen molar-refractivity contribution in [3.8, 4) is 0 Å². The van der Waals surface area contributed by atoms with Crippen LogP contribution in [0, 0.1) is 0 Å². The lowest BCUT2D eigenvalue weighted by Gasteiger charge is -2.32. The quantitative estimate of drug-likeness (QED) is 0.903. The van der Waals surface area contributed by atoms with Crippen molar-refractivity contribution in [3.05, 3.63) is 11.7 Å². The van der Waals surface area contributed by atoms with Gasteiger partial charge in [-0.25, -0.2) is 0 Å². The van der Waals surface area contributed by atoms with E-state index >= 15 is 0 Å². The molecule has 1 atom stereocenters. The van der Waals surface area contributed by atoms with Gasteiger partial charge in [0.15, 0.2) is 5.82 Å². The highest BCUT2D eigenvalue weighted by molar-refractivity contribution is 5.77. The molecule has 1 saturated carbocycles. The normalized spacial score (nSPS) is 23.8. The highest BCUT2D eigenvalue weighted by Gasteiger charge is 2.22. The lowest BCUT2D eigenvalue weighted by molar-refractivity contribution is -0.123. The van der Waals surface area contributed by atoms with Gasteiger partial charge in [-0.1, -0.05) is 30.8 Å². The van der Waals surface area contributed by atoms with E-state index < -0.39 is 0 Å². The number of nitrogens with zero attached hydrogens (tertiary/aromatic N) is 3.